The third-order valence-corrected chi connectivity index (χ3v) is 4.27. The smallest absolute Gasteiger partial charge is 0.158 e. The van der Waals surface area contributed by atoms with Crippen LogP contribution in [0.5, 0.6) is 5.75 Å². The van der Waals surface area contributed by atoms with Gasteiger partial charge in [-0.15, -0.1) is 0 Å². The lowest BCUT2D eigenvalue weighted by Gasteiger charge is -2.24. The van der Waals surface area contributed by atoms with E-state index in [4.69, 9.17) is 9.47 Å². The largest absolute Gasteiger partial charge is 0.486 e. The number of nitrogens with one attached hydrogen (secondary N) is 1. The van der Waals surface area contributed by atoms with Gasteiger partial charge in [-0.2, -0.15) is 13.5 Å². The third kappa shape index (κ3) is 3.76. The van der Waals surface area contributed by atoms with Crippen LogP contribution in [0, 0.1) is 5.82 Å². The summed E-state index contributed by atoms with van der Waals surface area (Å²) in [5.74, 6) is 0.759. The van der Waals surface area contributed by atoms with E-state index in [1.165, 1.54) is 18.5 Å². The maximum absolute atomic E-state index is 13.7. The summed E-state index contributed by atoms with van der Waals surface area (Å²) in [6.45, 7) is 1.27. The van der Waals surface area contributed by atoms with Gasteiger partial charge >= 0.3 is 0 Å². The maximum Gasteiger partial charge on any atom is 0.158 e. The first-order chi connectivity index (χ1) is 12.2. The molecule has 0 aliphatic carbocycles. The van der Waals surface area contributed by atoms with Gasteiger partial charge in [-0.1, -0.05) is 0 Å². The molecule has 138 valence electrons. The molecule has 3 aromatic rings. The topological polar surface area (TPSA) is 61.2 Å². The van der Waals surface area contributed by atoms with Crippen molar-refractivity contribution >= 4 is 36.0 Å². The molecular weight excluding hydrogens is 355 g/mol. The third-order valence-electron chi connectivity index (χ3n) is 4.27. The number of benzene rings is 1. The summed E-state index contributed by atoms with van der Waals surface area (Å²) in [4.78, 5) is 8.58. The summed E-state index contributed by atoms with van der Waals surface area (Å²) < 4.78 is 27.1. The first kappa shape index (κ1) is 18.5. The van der Waals surface area contributed by atoms with Crippen molar-refractivity contribution in [3.8, 4) is 5.75 Å². The van der Waals surface area contributed by atoms with Gasteiger partial charge in [0.15, 0.2) is 5.82 Å². The molecule has 26 heavy (non-hydrogen) atoms. The standard InChI is InChI=1S/C18H19FN4O2.H2S/c1-23-7-6-15-17(23)18(21-11-20-15)22-14-5-4-12(19)9-16(14)25-13-3-2-8-24-10-13;/h4-7,9,11,13H,2-3,8,10H2,1H3,(H,20,21,22);1H2/t13-;/m0./s1. The highest BCUT2D eigenvalue weighted by Gasteiger charge is 2.18. The van der Waals surface area contributed by atoms with Crippen LogP contribution in [-0.4, -0.2) is 33.9 Å². The van der Waals surface area contributed by atoms with Gasteiger partial charge in [-0.25, -0.2) is 14.4 Å². The van der Waals surface area contributed by atoms with Crippen LogP contribution in [0.1, 0.15) is 12.8 Å². The molecule has 1 N–H and O–H groups in total. The average Bonchev–Trinajstić information content (AvgIpc) is 3.00. The predicted octanol–water partition coefficient (Wildman–Crippen LogP) is 3.52. The van der Waals surface area contributed by atoms with E-state index >= 15 is 0 Å². The van der Waals surface area contributed by atoms with Crippen molar-refractivity contribution in [1.82, 2.24) is 14.5 Å². The molecular formula is C18H21FN4O2S. The zero-order valence-electron chi connectivity index (χ0n) is 14.4. The van der Waals surface area contributed by atoms with E-state index in [0.29, 0.717) is 23.9 Å². The highest BCUT2D eigenvalue weighted by molar-refractivity contribution is 7.59. The van der Waals surface area contributed by atoms with Crippen LogP contribution in [-0.2, 0) is 11.8 Å². The number of fused-ring (bicyclic) bond motifs is 1. The molecule has 1 aliphatic rings. The van der Waals surface area contributed by atoms with Gasteiger partial charge in [0.2, 0.25) is 0 Å². The number of rotatable bonds is 4. The van der Waals surface area contributed by atoms with Gasteiger partial charge in [0.25, 0.3) is 0 Å². The zero-order valence-corrected chi connectivity index (χ0v) is 15.4. The summed E-state index contributed by atoms with van der Waals surface area (Å²) in [6.07, 6.45) is 5.19. The van der Waals surface area contributed by atoms with E-state index in [1.54, 1.807) is 6.07 Å². The van der Waals surface area contributed by atoms with E-state index in [1.807, 2.05) is 23.9 Å². The number of halogens is 1. The molecule has 1 aromatic carbocycles. The number of ether oxygens (including phenoxy) is 2. The minimum absolute atomic E-state index is 0. The minimum atomic E-state index is -0.344. The van der Waals surface area contributed by atoms with Gasteiger partial charge in [-0.3, -0.25) is 0 Å². The molecule has 3 heterocycles. The fourth-order valence-corrected chi connectivity index (χ4v) is 3.02. The van der Waals surface area contributed by atoms with Crippen molar-refractivity contribution in [3.63, 3.8) is 0 Å². The van der Waals surface area contributed by atoms with Gasteiger partial charge in [0.05, 0.1) is 17.8 Å². The molecule has 1 aliphatic heterocycles. The summed E-state index contributed by atoms with van der Waals surface area (Å²) in [5.41, 5.74) is 2.37. The van der Waals surface area contributed by atoms with E-state index in [2.05, 4.69) is 15.3 Å². The number of anilines is 2. The Hall–Kier alpha value is -2.32. The number of hydrogen-bond acceptors (Lipinski definition) is 5. The molecule has 4 rings (SSSR count). The Kier molecular flexibility index (Phi) is 5.63. The van der Waals surface area contributed by atoms with Crippen molar-refractivity contribution in [1.29, 1.82) is 0 Å². The first-order valence-electron chi connectivity index (χ1n) is 8.28. The fraction of sp³-hybridized carbons (Fsp3) is 0.333. The van der Waals surface area contributed by atoms with Crippen molar-refractivity contribution in [2.24, 2.45) is 7.05 Å². The highest BCUT2D eigenvalue weighted by atomic mass is 32.1. The Labute approximate surface area is 157 Å². The normalized spacial score (nSPS) is 16.9. The number of nitrogens with zero attached hydrogens (tertiary/aromatic N) is 3. The van der Waals surface area contributed by atoms with Crippen LogP contribution in [0.25, 0.3) is 11.0 Å². The van der Waals surface area contributed by atoms with Gasteiger partial charge in [0.1, 0.15) is 29.5 Å². The molecule has 0 amide bonds. The molecule has 0 bridgehead atoms. The molecule has 6 nitrogen and oxygen atoms in total. The van der Waals surface area contributed by atoms with E-state index in [-0.39, 0.29) is 25.4 Å². The summed E-state index contributed by atoms with van der Waals surface area (Å²) >= 11 is 0. The van der Waals surface area contributed by atoms with Crippen LogP contribution in [0.3, 0.4) is 0 Å². The van der Waals surface area contributed by atoms with Gasteiger partial charge in [-0.05, 0) is 31.0 Å². The van der Waals surface area contributed by atoms with E-state index < -0.39 is 0 Å². The number of aromatic nitrogens is 3. The van der Waals surface area contributed by atoms with Gasteiger partial charge < -0.3 is 19.4 Å². The first-order valence-corrected chi connectivity index (χ1v) is 8.28. The van der Waals surface area contributed by atoms with Crippen LogP contribution < -0.4 is 10.1 Å². The fourth-order valence-electron chi connectivity index (χ4n) is 3.02. The quantitative estimate of drug-likeness (QED) is 0.755. The van der Waals surface area contributed by atoms with E-state index in [9.17, 15) is 4.39 Å². The SMILES string of the molecule is Cn1ccc2ncnc(Nc3ccc(F)cc3O[C@H]3CCCOC3)c21.S. The Balaban J connectivity index is 0.00000196. The van der Waals surface area contributed by atoms with Crippen LogP contribution in [0.15, 0.2) is 36.8 Å². The molecule has 0 unspecified atom stereocenters. The average molecular weight is 376 g/mol. The van der Waals surface area contributed by atoms with Crippen LogP contribution in [0.4, 0.5) is 15.9 Å². The molecule has 0 spiro atoms. The maximum atomic E-state index is 13.7. The van der Waals surface area contributed by atoms with Crippen molar-refractivity contribution in [2.45, 2.75) is 18.9 Å². The molecule has 2 aromatic heterocycles. The van der Waals surface area contributed by atoms with Gasteiger partial charge in [0, 0.05) is 25.9 Å². The Morgan fingerprint density at radius 2 is 2.19 bits per heavy atom. The Morgan fingerprint density at radius 3 is 3.00 bits per heavy atom. The second-order valence-electron chi connectivity index (χ2n) is 6.11. The van der Waals surface area contributed by atoms with Crippen LogP contribution >= 0.6 is 13.5 Å². The molecule has 0 saturated carbocycles. The second kappa shape index (κ2) is 7.92. The summed E-state index contributed by atoms with van der Waals surface area (Å²) in [5, 5.41) is 3.25. The molecule has 8 heteroatoms. The van der Waals surface area contributed by atoms with Crippen molar-refractivity contribution in [2.75, 3.05) is 18.5 Å². The minimum Gasteiger partial charge on any atom is -0.486 e. The Bertz CT molecular complexity index is 896. The molecule has 1 fully saturated rings. The summed E-state index contributed by atoms with van der Waals surface area (Å²) in [7, 11) is 1.93. The van der Waals surface area contributed by atoms with Crippen molar-refractivity contribution in [3.05, 3.63) is 42.6 Å². The van der Waals surface area contributed by atoms with E-state index in [0.717, 1.165) is 30.5 Å². The number of hydrogen-bond donors (Lipinski definition) is 1. The highest BCUT2D eigenvalue weighted by Crippen LogP contribution is 2.32. The lowest BCUT2D eigenvalue weighted by molar-refractivity contribution is 0.00763. The molecule has 0 radical (unpaired) electrons. The van der Waals surface area contributed by atoms with Crippen LogP contribution in [0.2, 0.25) is 0 Å². The number of aryl methyl sites for hydroxylation is 1. The Morgan fingerprint density at radius 1 is 1.31 bits per heavy atom. The zero-order chi connectivity index (χ0) is 17.2. The monoisotopic (exact) mass is 376 g/mol. The lowest BCUT2D eigenvalue weighted by atomic mass is 10.1. The molecule has 1 saturated heterocycles. The summed E-state index contributed by atoms with van der Waals surface area (Å²) in [6, 6.07) is 6.37. The molecule has 1 atom stereocenters. The second-order valence-corrected chi connectivity index (χ2v) is 6.11. The predicted molar refractivity (Wildman–Crippen MR) is 103 cm³/mol. The van der Waals surface area contributed by atoms with Crippen molar-refractivity contribution < 1.29 is 13.9 Å². The lowest BCUT2D eigenvalue weighted by Crippen LogP contribution is -2.28.